The van der Waals surface area contributed by atoms with Crippen molar-refractivity contribution in [1.29, 1.82) is 0 Å². The van der Waals surface area contributed by atoms with Crippen molar-refractivity contribution in [2.24, 2.45) is 0 Å². The second kappa shape index (κ2) is 5.82. The zero-order valence-electron chi connectivity index (χ0n) is 10.9. The number of nitrogens with one attached hydrogen (secondary N) is 1. The van der Waals surface area contributed by atoms with Gasteiger partial charge in [-0.15, -0.1) is 11.3 Å². The van der Waals surface area contributed by atoms with Gasteiger partial charge in [0.25, 0.3) is 0 Å². The van der Waals surface area contributed by atoms with Crippen molar-refractivity contribution in [3.63, 3.8) is 0 Å². The molecule has 2 heterocycles. The van der Waals surface area contributed by atoms with Crippen LogP contribution in [0.4, 0.5) is 11.6 Å². The minimum absolute atomic E-state index is 0.371. The Hall–Kier alpha value is -1.62. The quantitative estimate of drug-likeness (QED) is 0.899. The van der Waals surface area contributed by atoms with E-state index in [2.05, 4.69) is 51.5 Å². The molecule has 0 aliphatic carbocycles. The third kappa shape index (κ3) is 3.43. The average molecular weight is 262 g/mol. The average Bonchev–Trinajstić information content (AvgIpc) is 2.81. The van der Waals surface area contributed by atoms with Gasteiger partial charge in [0.2, 0.25) is 0 Å². The van der Waals surface area contributed by atoms with E-state index in [1.165, 1.54) is 4.88 Å². The molecule has 2 aromatic rings. The first-order chi connectivity index (χ1) is 8.65. The monoisotopic (exact) mass is 262 g/mol. The van der Waals surface area contributed by atoms with E-state index < -0.39 is 0 Å². The summed E-state index contributed by atoms with van der Waals surface area (Å²) < 4.78 is 0. The molecule has 1 N–H and O–H groups in total. The van der Waals surface area contributed by atoms with Crippen LogP contribution in [0.2, 0.25) is 0 Å². The molecule has 0 atom stereocenters. The van der Waals surface area contributed by atoms with Gasteiger partial charge in [0.15, 0.2) is 0 Å². The first-order valence-electron chi connectivity index (χ1n) is 5.97. The van der Waals surface area contributed by atoms with Crippen molar-refractivity contribution in [3.05, 3.63) is 34.8 Å². The van der Waals surface area contributed by atoms with Gasteiger partial charge < -0.3 is 10.2 Å². The molecule has 5 heteroatoms. The maximum Gasteiger partial charge on any atom is 0.134 e. The fourth-order valence-corrected chi connectivity index (χ4v) is 2.41. The minimum atomic E-state index is 0.371. The summed E-state index contributed by atoms with van der Waals surface area (Å²) in [5, 5.41) is 5.38. The van der Waals surface area contributed by atoms with E-state index in [1.54, 1.807) is 17.7 Å². The molecule has 2 aromatic heterocycles. The predicted octanol–water partition coefficient (Wildman–Crippen LogP) is 2.99. The number of anilines is 2. The number of nitrogens with zero attached hydrogens (tertiary/aromatic N) is 3. The van der Waals surface area contributed by atoms with Crippen molar-refractivity contribution in [3.8, 4) is 0 Å². The lowest BCUT2D eigenvalue weighted by atomic mass is 10.3. The Labute approximate surface area is 112 Å². The number of hydrogen-bond acceptors (Lipinski definition) is 5. The summed E-state index contributed by atoms with van der Waals surface area (Å²) >= 11 is 1.76. The van der Waals surface area contributed by atoms with Crippen LogP contribution in [0.5, 0.6) is 0 Å². The SMILES string of the molecule is CC(C)Nc1cc(N(C)Cc2cccs2)ncn1. The summed E-state index contributed by atoms with van der Waals surface area (Å²) in [7, 11) is 2.04. The Morgan fingerprint density at radius 1 is 1.39 bits per heavy atom. The molecule has 0 bridgehead atoms. The number of thiophene rings is 1. The second-order valence-electron chi connectivity index (χ2n) is 4.50. The van der Waals surface area contributed by atoms with Crippen LogP contribution in [0.3, 0.4) is 0 Å². The van der Waals surface area contributed by atoms with Crippen LogP contribution in [0.25, 0.3) is 0 Å². The van der Waals surface area contributed by atoms with Crippen molar-refractivity contribution >= 4 is 23.0 Å². The highest BCUT2D eigenvalue weighted by Gasteiger charge is 2.06. The molecule has 0 aromatic carbocycles. The lowest BCUT2D eigenvalue weighted by Crippen LogP contribution is -2.18. The molecule has 0 aliphatic rings. The molecule has 0 amide bonds. The number of aromatic nitrogens is 2. The topological polar surface area (TPSA) is 41.0 Å². The first-order valence-corrected chi connectivity index (χ1v) is 6.85. The highest BCUT2D eigenvalue weighted by atomic mass is 32.1. The Kier molecular flexibility index (Phi) is 4.15. The molecule has 0 spiro atoms. The van der Waals surface area contributed by atoms with E-state index in [9.17, 15) is 0 Å². The number of hydrogen-bond donors (Lipinski definition) is 1. The maximum absolute atomic E-state index is 4.31. The van der Waals surface area contributed by atoms with Crippen LogP contribution in [-0.4, -0.2) is 23.1 Å². The van der Waals surface area contributed by atoms with E-state index in [1.807, 2.05) is 13.1 Å². The van der Waals surface area contributed by atoms with Gasteiger partial charge in [0.1, 0.15) is 18.0 Å². The fourth-order valence-electron chi connectivity index (χ4n) is 1.65. The summed E-state index contributed by atoms with van der Waals surface area (Å²) in [4.78, 5) is 12.0. The van der Waals surface area contributed by atoms with Crippen molar-refractivity contribution in [2.75, 3.05) is 17.3 Å². The van der Waals surface area contributed by atoms with Gasteiger partial charge in [-0.3, -0.25) is 0 Å². The van der Waals surface area contributed by atoms with Crippen LogP contribution in [0, 0.1) is 0 Å². The molecule has 0 unspecified atom stereocenters. The first kappa shape index (κ1) is 12.8. The summed E-state index contributed by atoms with van der Waals surface area (Å²) in [6.07, 6.45) is 1.60. The van der Waals surface area contributed by atoms with Crippen LogP contribution in [-0.2, 0) is 6.54 Å². The van der Waals surface area contributed by atoms with E-state index in [-0.39, 0.29) is 0 Å². The molecule has 4 nitrogen and oxygen atoms in total. The summed E-state index contributed by atoms with van der Waals surface area (Å²) in [6, 6.07) is 6.55. The maximum atomic E-state index is 4.31. The van der Waals surface area contributed by atoms with Gasteiger partial charge in [-0.05, 0) is 25.3 Å². The molecular formula is C13H18N4S. The normalized spacial score (nSPS) is 10.7. The van der Waals surface area contributed by atoms with Crippen molar-refractivity contribution in [1.82, 2.24) is 9.97 Å². The Morgan fingerprint density at radius 3 is 2.89 bits per heavy atom. The van der Waals surface area contributed by atoms with Crippen molar-refractivity contribution < 1.29 is 0 Å². The molecule has 96 valence electrons. The fraction of sp³-hybridized carbons (Fsp3) is 0.385. The van der Waals surface area contributed by atoms with Crippen LogP contribution < -0.4 is 10.2 Å². The van der Waals surface area contributed by atoms with E-state index in [0.29, 0.717) is 6.04 Å². The molecular weight excluding hydrogens is 244 g/mol. The summed E-state index contributed by atoms with van der Waals surface area (Å²) in [6.45, 7) is 5.06. The van der Waals surface area contributed by atoms with Gasteiger partial charge in [-0.25, -0.2) is 9.97 Å². The zero-order valence-corrected chi connectivity index (χ0v) is 11.7. The molecule has 0 saturated heterocycles. The van der Waals surface area contributed by atoms with E-state index >= 15 is 0 Å². The van der Waals surface area contributed by atoms with Crippen LogP contribution in [0.1, 0.15) is 18.7 Å². The highest BCUT2D eigenvalue weighted by molar-refractivity contribution is 7.09. The second-order valence-corrected chi connectivity index (χ2v) is 5.53. The third-order valence-electron chi connectivity index (χ3n) is 2.45. The molecule has 0 saturated carbocycles. The Balaban J connectivity index is 2.07. The molecule has 0 fully saturated rings. The predicted molar refractivity (Wildman–Crippen MR) is 77.2 cm³/mol. The van der Waals surface area contributed by atoms with Gasteiger partial charge >= 0.3 is 0 Å². The highest BCUT2D eigenvalue weighted by Crippen LogP contribution is 2.17. The smallest absolute Gasteiger partial charge is 0.134 e. The largest absolute Gasteiger partial charge is 0.368 e. The van der Waals surface area contributed by atoms with E-state index in [0.717, 1.165) is 18.2 Å². The van der Waals surface area contributed by atoms with Gasteiger partial charge in [0, 0.05) is 24.0 Å². The lowest BCUT2D eigenvalue weighted by Gasteiger charge is -2.18. The van der Waals surface area contributed by atoms with Crippen LogP contribution >= 0.6 is 11.3 Å². The third-order valence-corrected chi connectivity index (χ3v) is 3.31. The van der Waals surface area contributed by atoms with E-state index in [4.69, 9.17) is 0 Å². The van der Waals surface area contributed by atoms with Gasteiger partial charge in [0.05, 0.1) is 6.54 Å². The van der Waals surface area contributed by atoms with Gasteiger partial charge in [-0.2, -0.15) is 0 Å². The number of rotatable bonds is 5. The van der Waals surface area contributed by atoms with Crippen LogP contribution in [0.15, 0.2) is 29.9 Å². The van der Waals surface area contributed by atoms with Crippen molar-refractivity contribution in [2.45, 2.75) is 26.4 Å². The molecule has 2 rings (SSSR count). The zero-order chi connectivity index (χ0) is 13.0. The standard InChI is InChI=1S/C13H18N4S/c1-10(2)16-12-7-13(15-9-14-12)17(3)8-11-5-4-6-18-11/h4-7,9-10H,8H2,1-3H3,(H,14,15,16). The summed E-state index contributed by atoms with van der Waals surface area (Å²) in [5.41, 5.74) is 0. The molecule has 0 aliphatic heterocycles. The van der Waals surface area contributed by atoms with Gasteiger partial charge in [-0.1, -0.05) is 6.07 Å². The molecule has 0 radical (unpaired) electrons. The minimum Gasteiger partial charge on any atom is -0.368 e. The molecule has 18 heavy (non-hydrogen) atoms. The summed E-state index contributed by atoms with van der Waals surface area (Å²) in [5.74, 6) is 1.80. The lowest BCUT2D eigenvalue weighted by molar-refractivity contribution is 0.873. The Morgan fingerprint density at radius 2 is 2.22 bits per heavy atom. The Bertz CT molecular complexity index is 481.